The molecule has 0 spiro atoms. The number of benzene rings is 3. The van der Waals surface area contributed by atoms with Crippen LogP contribution in [-0.4, -0.2) is 21.3 Å². The van der Waals surface area contributed by atoms with Gasteiger partial charge in [0.15, 0.2) is 5.16 Å². The maximum Gasteiger partial charge on any atom is 0.316 e. The highest BCUT2D eigenvalue weighted by Gasteiger charge is 2.14. The first-order valence-electron chi connectivity index (χ1n) is 9.32. The van der Waals surface area contributed by atoms with E-state index in [0.717, 1.165) is 16.6 Å². The standard InChI is InChI=1S/C23H18ClFN2O2S/c24-18-11-9-16(10-12-18)13-27-21-8-4-3-7-20(21)26-23(27)30-15-22(28)29-14-17-5-1-2-6-19(17)25/h1-12H,13-15H2. The molecule has 7 heteroatoms. The Balaban J connectivity index is 1.47. The first-order chi connectivity index (χ1) is 14.6. The van der Waals surface area contributed by atoms with E-state index in [0.29, 0.717) is 22.3 Å². The van der Waals surface area contributed by atoms with Gasteiger partial charge in [-0.2, -0.15) is 0 Å². The monoisotopic (exact) mass is 440 g/mol. The van der Waals surface area contributed by atoms with E-state index in [2.05, 4.69) is 9.55 Å². The summed E-state index contributed by atoms with van der Waals surface area (Å²) < 4.78 is 21.0. The molecule has 4 aromatic rings. The van der Waals surface area contributed by atoms with Gasteiger partial charge in [-0.1, -0.05) is 65.8 Å². The molecule has 4 rings (SSSR count). The Labute approximate surface area is 182 Å². The van der Waals surface area contributed by atoms with Crippen LogP contribution in [0.5, 0.6) is 0 Å². The molecule has 0 aliphatic rings. The Bertz CT molecular complexity index is 1180. The molecule has 0 aliphatic carbocycles. The number of para-hydroxylation sites is 2. The number of halogens is 2. The second-order valence-corrected chi connectivity index (χ2v) is 8.02. The molecule has 3 aromatic carbocycles. The SMILES string of the molecule is O=C(CSc1nc2ccccc2n1Cc1ccc(Cl)cc1)OCc1ccccc1F. The summed E-state index contributed by atoms with van der Waals surface area (Å²) in [5, 5.41) is 1.40. The van der Waals surface area contributed by atoms with Crippen molar-refractivity contribution in [2.24, 2.45) is 0 Å². The summed E-state index contributed by atoms with van der Waals surface area (Å²) in [6.07, 6.45) is 0. The number of carbonyl (C=O) groups is 1. The summed E-state index contributed by atoms with van der Waals surface area (Å²) in [4.78, 5) is 16.9. The lowest BCUT2D eigenvalue weighted by Crippen LogP contribution is -2.09. The summed E-state index contributed by atoms with van der Waals surface area (Å²) >= 11 is 7.29. The number of hydrogen-bond acceptors (Lipinski definition) is 4. The number of carbonyl (C=O) groups excluding carboxylic acids is 1. The average Bonchev–Trinajstić information content (AvgIpc) is 3.10. The molecule has 1 aromatic heterocycles. The predicted octanol–water partition coefficient (Wildman–Crippen LogP) is 5.71. The normalized spacial score (nSPS) is 11.0. The first-order valence-corrected chi connectivity index (χ1v) is 10.7. The maximum atomic E-state index is 13.7. The minimum absolute atomic E-state index is 0.0817. The molecule has 0 radical (unpaired) electrons. The van der Waals surface area contributed by atoms with Gasteiger partial charge in [0.05, 0.1) is 23.3 Å². The van der Waals surface area contributed by atoms with Crippen LogP contribution in [-0.2, 0) is 22.7 Å². The molecule has 0 atom stereocenters. The second-order valence-electron chi connectivity index (χ2n) is 6.64. The van der Waals surface area contributed by atoms with E-state index >= 15 is 0 Å². The smallest absolute Gasteiger partial charge is 0.316 e. The van der Waals surface area contributed by atoms with Crippen LogP contribution in [0.4, 0.5) is 4.39 Å². The molecular formula is C23H18ClFN2O2S. The molecule has 0 fully saturated rings. The number of esters is 1. The molecule has 30 heavy (non-hydrogen) atoms. The summed E-state index contributed by atoms with van der Waals surface area (Å²) in [6, 6.07) is 21.7. The van der Waals surface area contributed by atoms with Crippen molar-refractivity contribution in [2.45, 2.75) is 18.3 Å². The van der Waals surface area contributed by atoms with Crippen LogP contribution in [0.2, 0.25) is 5.02 Å². The largest absolute Gasteiger partial charge is 0.460 e. The number of nitrogens with zero attached hydrogens (tertiary/aromatic N) is 2. The van der Waals surface area contributed by atoms with Crippen LogP contribution in [0.25, 0.3) is 11.0 Å². The molecule has 152 valence electrons. The van der Waals surface area contributed by atoms with Crippen molar-refractivity contribution in [3.05, 3.63) is 94.8 Å². The van der Waals surface area contributed by atoms with E-state index in [-0.39, 0.29) is 18.2 Å². The highest BCUT2D eigenvalue weighted by molar-refractivity contribution is 7.99. The van der Waals surface area contributed by atoms with Gasteiger partial charge >= 0.3 is 5.97 Å². The fourth-order valence-electron chi connectivity index (χ4n) is 3.03. The number of imidazole rings is 1. The molecule has 0 aliphatic heterocycles. The maximum absolute atomic E-state index is 13.7. The van der Waals surface area contributed by atoms with Crippen molar-refractivity contribution in [3.8, 4) is 0 Å². The zero-order valence-electron chi connectivity index (χ0n) is 15.9. The van der Waals surface area contributed by atoms with Gasteiger partial charge in [0, 0.05) is 10.6 Å². The third-order valence-corrected chi connectivity index (χ3v) is 5.74. The summed E-state index contributed by atoms with van der Waals surface area (Å²) in [5.41, 5.74) is 3.26. The fourth-order valence-corrected chi connectivity index (χ4v) is 3.97. The lowest BCUT2D eigenvalue weighted by atomic mass is 10.2. The third-order valence-electron chi connectivity index (χ3n) is 4.54. The highest BCUT2D eigenvalue weighted by Crippen LogP contribution is 2.26. The molecule has 0 unspecified atom stereocenters. The Morgan fingerprint density at radius 2 is 1.77 bits per heavy atom. The van der Waals surface area contributed by atoms with Crippen LogP contribution in [0.3, 0.4) is 0 Å². The number of ether oxygens (including phenoxy) is 1. The van der Waals surface area contributed by atoms with Crippen molar-refractivity contribution in [3.63, 3.8) is 0 Å². The van der Waals surface area contributed by atoms with E-state index in [1.165, 1.54) is 17.8 Å². The second kappa shape index (κ2) is 9.32. The topological polar surface area (TPSA) is 44.1 Å². The molecule has 0 amide bonds. The van der Waals surface area contributed by atoms with Crippen LogP contribution in [0, 0.1) is 5.82 Å². The summed E-state index contributed by atoms with van der Waals surface area (Å²) in [6.45, 7) is 0.511. The fraction of sp³-hybridized carbons (Fsp3) is 0.130. The number of thioether (sulfide) groups is 1. The lowest BCUT2D eigenvalue weighted by Gasteiger charge is -2.10. The Morgan fingerprint density at radius 3 is 2.57 bits per heavy atom. The number of aromatic nitrogens is 2. The minimum Gasteiger partial charge on any atom is -0.460 e. The van der Waals surface area contributed by atoms with Crippen LogP contribution < -0.4 is 0 Å². The molecule has 1 heterocycles. The minimum atomic E-state index is -0.423. The van der Waals surface area contributed by atoms with Crippen LogP contribution >= 0.6 is 23.4 Å². The summed E-state index contributed by atoms with van der Waals surface area (Å²) in [7, 11) is 0. The lowest BCUT2D eigenvalue weighted by molar-refractivity contribution is -0.141. The van der Waals surface area contributed by atoms with Gasteiger partial charge in [-0.25, -0.2) is 9.37 Å². The zero-order valence-corrected chi connectivity index (χ0v) is 17.5. The quantitative estimate of drug-likeness (QED) is 0.272. The predicted molar refractivity (Wildman–Crippen MR) is 117 cm³/mol. The molecule has 0 N–H and O–H groups in total. The highest BCUT2D eigenvalue weighted by atomic mass is 35.5. The van der Waals surface area contributed by atoms with Crippen molar-refractivity contribution >= 4 is 40.4 Å². The average molecular weight is 441 g/mol. The van der Waals surface area contributed by atoms with Gasteiger partial charge in [0.25, 0.3) is 0 Å². The van der Waals surface area contributed by atoms with Crippen molar-refractivity contribution in [1.82, 2.24) is 9.55 Å². The van der Waals surface area contributed by atoms with Crippen LogP contribution in [0.15, 0.2) is 78.0 Å². The van der Waals surface area contributed by atoms with Crippen molar-refractivity contribution in [1.29, 1.82) is 0 Å². The zero-order chi connectivity index (χ0) is 20.9. The van der Waals surface area contributed by atoms with Gasteiger partial charge < -0.3 is 9.30 Å². The van der Waals surface area contributed by atoms with E-state index in [4.69, 9.17) is 16.3 Å². The van der Waals surface area contributed by atoms with Crippen LogP contribution in [0.1, 0.15) is 11.1 Å². The van der Waals surface area contributed by atoms with Crippen molar-refractivity contribution < 1.29 is 13.9 Å². The van der Waals surface area contributed by atoms with E-state index in [1.54, 1.807) is 18.2 Å². The van der Waals surface area contributed by atoms with E-state index in [9.17, 15) is 9.18 Å². The van der Waals surface area contributed by atoms with Crippen molar-refractivity contribution in [2.75, 3.05) is 5.75 Å². The van der Waals surface area contributed by atoms with Gasteiger partial charge in [-0.3, -0.25) is 4.79 Å². The van der Waals surface area contributed by atoms with Gasteiger partial charge in [0.2, 0.25) is 0 Å². The molecular weight excluding hydrogens is 423 g/mol. The molecule has 4 nitrogen and oxygen atoms in total. The Kier molecular flexibility index (Phi) is 6.35. The van der Waals surface area contributed by atoms with Gasteiger partial charge in [-0.15, -0.1) is 0 Å². The first kappa shape index (κ1) is 20.4. The molecule has 0 saturated carbocycles. The number of rotatable bonds is 7. The Morgan fingerprint density at radius 1 is 1.03 bits per heavy atom. The van der Waals surface area contributed by atoms with Gasteiger partial charge in [0.1, 0.15) is 12.4 Å². The third kappa shape index (κ3) is 4.83. The van der Waals surface area contributed by atoms with E-state index in [1.807, 2.05) is 48.5 Å². The number of hydrogen-bond donors (Lipinski definition) is 0. The van der Waals surface area contributed by atoms with E-state index < -0.39 is 5.97 Å². The molecule has 0 bridgehead atoms. The summed E-state index contributed by atoms with van der Waals surface area (Å²) in [5.74, 6) is -0.727. The Hall–Kier alpha value is -2.83. The molecule has 0 saturated heterocycles. The number of fused-ring (bicyclic) bond motifs is 1. The van der Waals surface area contributed by atoms with Gasteiger partial charge in [-0.05, 0) is 35.9 Å².